The Labute approximate surface area is 125 Å². The fraction of sp³-hybridized carbons (Fsp3) is 0.250. The van der Waals surface area contributed by atoms with Crippen molar-refractivity contribution in [2.75, 3.05) is 12.9 Å². The summed E-state index contributed by atoms with van der Waals surface area (Å²) in [6.45, 7) is 0. The third kappa shape index (κ3) is 4.28. The zero-order chi connectivity index (χ0) is 15.1. The number of rotatable bonds is 6. The normalized spacial score (nSPS) is 10.8. The molecule has 0 saturated carbocycles. The zero-order valence-electron chi connectivity index (χ0n) is 11.6. The molecule has 8 nitrogen and oxygen atoms in total. The first-order chi connectivity index (χ1) is 10.2. The van der Waals surface area contributed by atoms with E-state index in [-0.39, 0.29) is 11.7 Å². The lowest BCUT2D eigenvalue weighted by Gasteiger charge is -2.03. The number of nitrogens with one attached hydrogen (secondary N) is 1. The Hall–Kier alpha value is -2.42. The van der Waals surface area contributed by atoms with E-state index in [1.807, 2.05) is 24.3 Å². The summed E-state index contributed by atoms with van der Waals surface area (Å²) in [5, 5.41) is 15.4. The highest BCUT2D eigenvalue weighted by atomic mass is 32.2. The minimum absolute atomic E-state index is 0.178. The molecule has 9 heteroatoms. The highest BCUT2D eigenvalue weighted by Gasteiger charge is 2.06. The smallest absolute Gasteiger partial charge is 0.250 e. The predicted octanol–water partition coefficient (Wildman–Crippen LogP) is 0.461. The summed E-state index contributed by atoms with van der Waals surface area (Å²) in [4.78, 5) is 11.6. The first kappa shape index (κ1) is 15.0. The fourth-order valence-electron chi connectivity index (χ4n) is 1.45. The summed E-state index contributed by atoms with van der Waals surface area (Å²) in [7, 11) is 3.29. The van der Waals surface area contributed by atoms with Gasteiger partial charge in [-0.2, -0.15) is 5.10 Å². The number of hydrazone groups is 1. The van der Waals surface area contributed by atoms with E-state index in [0.717, 1.165) is 5.56 Å². The molecule has 0 atom stereocenters. The fourth-order valence-corrected chi connectivity index (χ4v) is 2.10. The van der Waals surface area contributed by atoms with Crippen molar-refractivity contribution in [2.24, 2.45) is 12.1 Å². The van der Waals surface area contributed by atoms with Crippen LogP contribution in [0.25, 0.3) is 0 Å². The third-order valence-electron chi connectivity index (χ3n) is 2.45. The number of nitrogens with zero attached hydrogens (tertiary/aromatic N) is 5. The van der Waals surface area contributed by atoms with E-state index in [1.165, 1.54) is 22.7 Å². The molecule has 0 bridgehead atoms. The Morgan fingerprint density at radius 2 is 2.33 bits per heavy atom. The molecule has 0 unspecified atom stereocenters. The summed E-state index contributed by atoms with van der Waals surface area (Å²) < 4.78 is 6.68. The van der Waals surface area contributed by atoms with Crippen LogP contribution in [0.2, 0.25) is 0 Å². The number of hydrogen-bond donors (Lipinski definition) is 1. The SMILES string of the molecule is COc1ccccc1/C=N/NC(=O)CSc1nnnn1C. The van der Waals surface area contributed by atoms with E-state index in [1.54, 1.807) is 14.2 Å². The summed E-state index contributed by atoms with van der Waals surface area (Å²) in [6.07, 6.45) is 1.53. The molecule has 110 valence electrons. The van der Waals surface area contributed by atoms with Crippen molar-refractivity contribution in [3.63, 3.8) is 0 Å². The van der Waals surface area contributed by atoms with Gasteiger partial charge in [-0.1, -0.05) is 23.9 Å². The van der Waals surface area contributed by atoms with Gasteiger partial charge in [-0.15, -0.1) is 5.10 Å². The van der Waals surface area contributed by atoms with Crippen LogP contribution in [0.4, 0.5) is 0 Å². The number of para-hydroxylation sites is 1. The van der Waals surface area contributed by atoms with E-state index in [2.05, 4.69) is 26.1 Å². The second-order valence-corrected chi connectivity index (χ2v) is 4.85. The van der Waals surface area contributed by atoms with E-state index in [4.69, 9.17) is 4.74 Å². The highest BCUT2D eigenvalue weighted by Crippen LogP contribution is 2.14. The number of hydrogen-bond acceptors (Lipinski definition) is 7. The maximum Gasteiger partial charge on any atom is 0.250 e. The molecule has 0 aliphatic heterocycles. The molecule has 1 amide bonds. The van der Waals surface area contributed by atoms with Gasteiger partial charge >= 0.3 is 0 Å². The molecular formula is C12H14N6O2S. The molecular weight excluding hydrogens is 292 g/mol. The number of thioether (sulfide) groups is 1. The Balaban J connectivity index is 1.83. The van der Waals surface area contributed by atoms with Gasteiger partial charge in [0.15, 0.2) is 0 Å². The van der Waals surface area contributed by atoms with Crippen LogP contribution in [-0.2, 0) is 11.8 Å². The number of aromatic nitrogens is 4. The molecule has 0 saturated heterocycles. The summed E-state index contributed by atoms with van der Waals surface area (Å²) in [6, 6.07) is 7.39. The van der Waals surface area contributed by atoms with Gasteiger partial charge in [-0.05, 0) is 22.6 Å². The first-order valence-electron chi connectivity index (χ1n) is 6.01. The monoisotopic (exact) mass is 306 g/mol. The Kier molecular flexibility index (Phi) is 5.27. The molecule has 0 aliphatic rings. The molecule has 0 radical (unpaired) electrons. The number of aryl methyl sites for hydroxylation is 1. The second-order valence-electron chi connectivity index (χ2n) is 3.91. The van der Waals surface area contributed by atoms with Crippen LogP contribution in [0.5, 0.6) is 5.75 Å². The van der Waals surface area contributed by atoms with Gasteiger partial charge in [0.2, 0.25) is 5.16 Å². The van der Waals surface area contributed by atoms with Crippen LogP contribution in [0.1, 0.15) is 5.56 Å². The number of carbonyl (C=O) groups excluding carboxylic acids is 1. The summed E-state index contributed by atoms with van der Waals surface area (Å²) in [5.74, 6) is 0.626. The average molecular weight is 306 g/mol. The average Bonchev–Trinajstić information content (AvgIpc) is 2.91. The Bertz CT molecular complexity index is 642. The Morgan fingerprint density at radius 3 is 3.05 bits per heavy atom. The van der Waals surface area contributed by atoms with E-state index in [0.29, 0.717) is 10.9 Å². The maximum atomic E-state index is 11.6. The maximum absolute atomic E-state index is 11.6. The molecule has 0 spiro atoms. The van der Waals surface area contributed by atoms with Crippen LogP contribution < -0.4 is 10.2 Å². The van der Waals surface area contributed by atoms with Gasteiger partial charge in [0.1, 0.15) is 5.75 Å². The predicted molar refractivity (Wildman–Crippen MR) is 78.3 cm³/mol. The van der Waals surface area contributed by atoms with Crippen molar-refractivity contribution in [3.05, 3.63) is 29.8 Å². The van der Waals surface area contributed by atoms with Crippen molar-refractivity contribution >= 4 is 23.9 Å². The zero-order valence-corrected chi connectivity index (χ0v) is 12.4. The number of methoxy groups -OCH3 is 1. The number of benzene rings is 1. The van der Waals surface area contributed by atoms with Gasteiger partial charge in [0.05, 0.1) is 19.1 Å². The van der Waals surface area contributed by atoms with Crippen molar-refractivity contribution < 1.29 is 9.53 Å². The molecule has 0 fully saturated rings. The minimum Gasteiger partial charge on any atom is -0.496 e. The van der Waals surface area contributed by atoms with E-state index < -0.39 is 0 Å². The van der Waals surface area contributed by atoms with Crippen molar-refractivity contribution in [3.8, 4) is 5.75 Å². The van der Waals surface area contributed by atoms with Crippen molar-refractivity contribution in [1.29, 1.82) is 0 Å². The van der Waals surface area contributed by atoms with Gasteiger partial charge in [-0.25, -0.2) is 10.1 Å². The highest BCUT2D eigenvalue weighted by molar-refractivity contribution is 7.99. The quantitative estimate of drug-likeness (QED) is 0.473. The molecule has 1 heterocycles. The number of tetrazole rings is 1. The van der Waals surface area contributed by atoms with Crippen LogP contribution in [0.3, 0.4) is 0 Å². The molecule has 1 aromatic carbocycles. The van der Waals surface area contributed by atoms with Crippen LogP contribution in [0, 0.1) is 0 Å². The summed E-state index contributed by atoms with van der Waals surface area (Å²) >= 11 is 1.23. The lowest BCUT2D eigenvalue weighted by atomic mass is 10.2. The minimum atomic E-state index is -0.242. The molecule has 21 heavy (non-hydrogen) atoms. The summed E-state index contributed by atoms with van der Waals surface area (Å²) in [5.41, 5.74) is 3.22. The Morgan fingerprint density at radius 1 is 1.52 bits per heavy atom. The third-order valence-corrected chi connectivity index (χ3v) is 3.46. The lowest BCUT2D eigenvalue weighted by Crippen LogP contribution is -2.20. The number of carbonyl (C=O) groups is 1. The van der Waals surface area contributed by atoms with Crippen molar-refractivity contribution in [1.82, 2.24) is 25.6 Å². The van der Waals surface area contributed by atoms with Crippen molar-refractivity contribution in [2.45, 2.75) is 5.16 Å². The van der Waals surface area contributed by atoms with Crippen LogP contribution in [-0.4, -0.2) is 45.2 Å². The molecule has 0 aliphatic carbocycles. The molecule has 2 rings (SSSR count). The van der Waals surface area contributed by atoms with Crippen LogP contribution >= 0.6 is 11.8 Å². The second kappa shape index (κ2) is 7.39. The first-order valence-corrected chi connectivity index (χ1v) is 6.99. The van der Waals surface area contributed by atoms with Gasteiger partial charge in [-0.3, -0.25) is 4.79 Å². The molecule has 1 aromatic heterocycles. The largest absolute Gasteiger partial charge is 0.496 e. The van der Waals surface area contributed by atoms with E-state index in [9.17, 15) is 4.79 Å². The van der Waals surface area contributed by atoms with Gasteiger partial charge in [0.25, 0.3) is 5.91 Å². The van der Waals surface area contributed by atoms with Gasteiger partial charge in [0, 0.05) is 12.6 Å². The molecule has 1 N–H and O–H groups in total. The van der Waals surface area contributed by atoms with E-state index >= 15 is 0 Å². The lowest BCUT2D eigenvalue weighted by molar-refractivity contribution is -0.118. The molecule has 2 aromatic rings. The van der Waals surface area contributed by atoms with Gasteiger partial charge < -0.3 is 4.74 Å². The standard InChI is InChI=1S/C12H14N6O2S/c1-18-12(15-16-17-18)21-8-11(19)14-13-7-9-5-3-4-6-10(9)20-2/h3-7H,8H2,1-2H3,(H,14,19)/b13-7+. The topological polar surface area (TPSA) is 94.3 Å². The van der Waals surface area contributed by atoms with Crippen LogP contribution in [0.15, 0.2) is 34.5 Å². The number of ether oxygens (including phenoxy) is 1. The number of amides is 1.